The van der Waals surface area contributed by atoms with Gasteiger partial charge in [-0.3, -0.25) is 9.98 Å². The maximum atomic E-state index is 4.87. The van der Waals surface area contributed by atoms with Crippen LogP contribution in [0, 0.1) is 12.8 Å². The summed E-state index contributed by atoms with van der Waals surface area (Å²) in [7, 11) is 0. The molecule has 0 amide bonds. The first kappa shape index (κ1) is 18.9. The third-order valence-electron chi connectivity index (χ3n) is 6.26. The Kier molecular flexibility index (Phi) is 5.05. The van der Waals surface area contributed by atoms with Crippen molar-refractivity contribution in [3.05, 3.63) is 70.6 Å². The van der Waals surface area contributed by atoms with Gasteiger partial charge < -0.3 is 0 Å². The number of aryl methyl sites for hydroxylation is 1. The van der Waals surface area contributed by atoms with Crippen LogP contribution in [0.2, 0.25) is 0 Å². The van der Waals surface area contributed by atoms with Crippen molar-refractivity contribution in [2.45, 2.75) is 59.8 Å². The van der Waals surface area contributed by atoms with Gasteiger partial charge >= 0.3 is 0 Å². The standard InChI is InChI=1S/C26H30N2/c1-6-19-13-16(3)26(25-10-8-9-17(4)27-25)22(14-19)20-11-12-24-23(15-20)21(7-2)18(5)28-24/h8-12,14-15,19,21H,6-7,13H2,1-5H3. The smallest absolute Gasteiger partial charge is 0.0710 e. The third-order valence-corrected chi connectivity index (χ3v) is 6.26. The molecule has 0 spiro atoms. The van der Waals surface area contributed by atoms with E-state index >= 15 is 0 Å². The molecule has 1 aliphatic carbocycles. The van der Waals surface area contributed by atoms with E-state index in [0.717, 1.165) is 29.9 Å². The highest BCUT2D eigenvalue weighted by molar-refractivity contribution is 6.07. The molecular weight excluding hydrogens is 340 g/mol. The van der Waals surface area contributed by atoms with Gasteiger partial charge in [-0.2, -0.15) is 0 Å². The van der Waals surface area contributed by atoms with Gasteiger partial charge in [0, 0.05) is 22.9 Å². The van der Waals surface area contributed by atoms with Crippen molar-refractivity contribution in [3.63, 3.8) is 0 Å². The molecule has 2 nitrogen and oxygen atoms in total. The van der Waals surface area contributed by atoms with Crippen molar-refractivity contribution in [2.75, 3.05) is 0 Å². The van der Waals surface area contributed by atoms with E-state index in [0.29, 0.717) is 11.8 Å². The van der Waals surface area contributed by atoms with Gasteiger partial charge in [-0.25, -0.2) is 0 Å². The molecule has 1 aromatic heterocycles. The minimum absolute atomic E-state index is 0.451. The molecule has 1 aliphatic heterocycles. The highest BCUT2D eigenvalue weighted by Crippen LogP contribution is 2.44. The average Bonchev–Trinajstić information content (AvgIpc) is 3.01. The molecule has 1 aromatic carbocycles. The van der Waals surface area contributed by atoms with Crippen LogP contribution < -0.4 is 0 Å². The Hall–Kier alpha value is -2.48. The molecule has 4 rings (SSSR count). The summed E-state index contributed by atoms with van der Waals surface area (Å²) < 4.78 is 0. The van der Waals surface area contributed by atoms with Crippen molar-refractivity contribution < 1.29 is 0 Å². The molecule has 0 saturated heterocycles. The SMILES string of the molecule is CCC1C=C(c2ccc3c(c2)C(CC)C(C)=N3)C(c2cccc(C)n2)=C(C)C1. The van der Waals surface area contributed by atoms with E-state index in [4.69, 9.17) is 9.98 Å². The molecule has 2 atom stereocenters. The van der Waals surface area contributed by atoms with E-state index in [1.165, 1.54) is 40.0 Å². The van der Waals surface area contributed by atoms with Crippen LogP contribution in [0.4, 0.5) is 5.69 Å². The maximum absolute atomic E-state index is 4.87. The van der Waals surface area contributed by atoms with Gasteiger partial charge in [0.05, 0.1) is 11.4 Å². The number of rotatable bonds is 4. The second kappa shape index (κ2) is 7.50. The highest BCUT2D eigenvalue weighted by Gasteiger charge is 2.26. The van der Waals surface area contributed by atoms with Crippen LogP contribution in [0.5, 0.6) is 0 Å². The summed E-state index contributed by atoms with van der Waals surface area (Å²) in [5, 5.41) is 0. The summed E-state index contributed by atoms with van der Waals surface area (Å²) in [6.45, 7) is 11.1. The Morgan fingerprint density at radius 1 is 1.00 bits per heavy atom. The van der Waals surface area contributed by atoms with Crippen LogP contribution in [0.25, 0.3) is 11.1 Å². The average molecular weight is 371 g/mol. The molecule has 2 heterocycles. The fourth-order valence-corrected chi connectivity index (χ4v) is 4.76. The molecule has 0 fully saturated rings. The fourth-order valence-electron chi connectivity index (χ4n) is 4.76. The lowest BCUT2D eigenvalue weighted by atomic mass is 9.79. The lowest BCUT2D eigenvalue weighted by Crippen LogP contribution is -2.09. The molecule has 2 aliphatic rings. The van der Waals surface area contributed by atoms with E-state index in [1.807, 2.05) is 0 Å². The van der Waals surface area contributed by atoms with E-state index in [-0.39, 0.29) is 0 Å². The predicted molar refractivity (Wildman–Crippen MR) is 120 cm³/mol. The lowest BCUT2D eigenvalue weighted by Gasteiger charge is -2.26. The summed E-state index contributed by atoms with van der Waals surface area (Å²) >= 11 is 0. The van der Waals surface area contributed by atoms with Crippen LogP contribution in [0.1, 0.15) is 75.4 Å². The topological polar surface area (TPSA) is 25.2 Å². The predicted octanol–water partition coefficient (Wildman–Crippen LogP) is 7.28. The van der Waals surface area contributed by atoms with E-state index in [9.17, 15) is 0 Å². The number of aliphatic imine (C=N–C) groups is 1. The Labute approximate surface area is 169 Å². The summed E-state index contributed by atoms with van der Waals surface area (Å²) in [4.78, 5) is 9.67. The monoisotopic (exact) mass is 370 g/mol. The van der Waals surface area contributed by atoms with Gasteiger partial charge in [0.2, 0.25) is 0 Å². The van der Waals surface area contributed by atoms with Crippen LogP contribution in [-0.2, 0) is 0 Å². The van der Waals surface area contributed by atoms with E-state index in [1.54, 1.807) is 0 Å². The summed E-state index contributed by atoms with van der Waals surface area (Å²) in [5.41, 5.74) is 11.3. The number of nitrogens with zero attached hydrogens (tertiary/aromatic N) is 2. The van der Waals surface area contributed by atoms with Crippen molar-refractivity contribution in [1.29, 1.82) is 0 Å². The third kappa shape index (κ3) is 3.26. The number of allylic oxidation sites excluding steroid dienone is 4. The van der Waals surface area contributed by atoms with Crippen LogP contribution in [-0.4, -0.2) is 10.7 Å². The zero-order valence-corrected chi connectivity index (χ0v) is 17.7. The van der Waals surface area contributed by atoms with Crippen LogP contribution in [0.15, 0.2) is 53.0 Å². The summed E-state index contributed by atoms with van der Waals surface area (Å²) in [6.07, 6.45) is 5.87. The quantitative estimate of drug-likeness (QED) is 0.555. The molecule has 28 heavy (non-hydrogen) atoms. The molecule has 0 saturated carbocycles. The summed E-state index contributed by atoms with van der Waals surface area (Å²) in [6, 6.07) is 13.2. The minimum Gasteiger partial charge on any atom is -0.257 e. The molecule has 2 heteroatoms. The Morgan fingerprint density at radius 3 is 2.54 bits per heavy atom. The van der Waals surface area contributed by atoms with Crippen molar-refractivity contribution in [3.8, 4) is 0 Å². The summed E-state index contributed by atoms with van der Waals surface area (Å²) in [5.74, 6) is 1.04. The zero-order valence-electron chi connectivity index (χ0n) is 17.7. The molecular formula is C26H30N2. The van der Waals surface area contributed by atoms with Crippen LogP contribution >= 0.6 is 0 Å². The first-order valence-corrected chi connectivity index (χ1v) is 10.6. The maximum Gasteiger partial charge on any atom is 0.0710 e. The highest BCUT2D eigenvalue weighted by atomic mass is 14.8. The van der Waals surface area contributed by atoms with Crippen molar-refractivity contribution in [1.82, 2.24) is 4.98 Å². The fraction of sp³-hybridized carbons (Fsp3) is 0.385. The van der Waals surface area contributed by atoms with Crippen molar-refractivity contribution >= 4 is 22.5 Å². The van der Waals surface area contributed by atoms with Crippen molar-refractivity contribution in [2.24, 2.45) is 10.9 Å². The van der Waals surface area contributed by atoms with Gasteiger partial charge in [-0.05, 0) is 86.9 Å². The number of hydrogen-bond donors (Lipinski definition) is 0. The van der Waals surface area contributed by atoms with Crippen LogP contribution in [0.3, 0.4) is 0 Å². The molecule has 0 radical (unpaired) electrons. The minimum atomic E-state index is 0.451. The van der Waals surface area contributed by atoms with E-state index in [2.05, 4.69) is 77.1 Å². The van der Waals surface area contributed by atoms with Gasteiger partial charge in [0.25, 0.3) is 0 Å². The van der Waals surface area contributed by atoms with Gasteiger partial charge in [0.15, 0.2) is 0 Å². The van der Waals surface area contributed by atoms with E-state index < -0.39 is 0 Å². The first-order valence-electron chi connectivity index (χ1n) is 10.6. The Balaban J connectivity index is 1.84. The molecule has 144 valence electrons. The van der Waals surface area contributed by atoms with Gasteiger partial charge in [-0.1, -0.05) is 37.6 Å². The molecule has 0 N–H and O–H groups in total. The second-order valence-corrected chi connectivity index (χ2v) is 8.26. The first-order chi connectivity index (χ1) is 13.5. The normalized spacial score (nSPS) is 21.5. The number of pyridine rings is 1. The number of aromatic nitrogens is 1. The number of hydrogen-bond acceptors (Lipinski definition) is 2. The molecule has 0 bridgehead atoms. The second-order valence-electron chi connectivity index (χ2n) is 8.26. The number of fused-ring (bicyclic) bond motifs is 1. The molecule has 2 unspecified atom stereocenters. The largest absolute Gasteiger partial charge is 0.257 e. The zero-order chi connectivity index (χ0) is 19.8. The van der Waals surface area contributed by atoms with Gasteiger partial charge in [0.1, 0.15) is 0 Å². The number of benzene rings is 1. The lowest BCUT2D eigenvalue weighted by molar-refractivity contribution is 0.618. The van der Waals surface area contributed by atoms with Gasteiger partial charge in [-0.15, -0.1) is 0 Å². The Morgan fingerprint density at radius 2 is 1.82 bits per heavy atom. The molecule has 2 aromatic rings. The Bertz CT molecular complexity index is 1010.